The van der Waals surface area contributed by atoms with E-state index in [9.17, 15) is 0 Å². The Kier molecular flexibility index (Phi) is 4.09. The van der Waals surface area contributed by atoms with Gasteiger partial charge in [-0.05, 0) is 44.5 Å². The Bertz CT molecular complexity index is 728. The number of aromatic nitrogens is 2. The van der Waals surface area contributed by atoms with Crippen molar-refractivity contribution >= 4 is 17.3 Å². The van der Waals surface area contributed by atoms with E-state index in [1.165, 1.54) is 11.3 Å². The highest BCUT2D eigenvalue weighted by molar-refractivity contribution is 6.02. The van der Waals surface area contributed by atoms with E-state index in [2.05, 4.69) is 71.7 Å². The Morgan fingerprint density at radius 1 is 1.26 bits per heavy atom. The molecule has 0 saturated heterocycles. The average Bonchev–Trinajstić information content (AvgIpc) is 2.91. The highest BCUT2D eigenvalue weighted by atomic mass is 15.5. The number of fused-ring (bicyclic) bond motifs is 1. The molecule has 0 bridgehead atoms. The second-order valence-corrected chi connectivity index (χ2v) is 6.44. The first kappa shape index (κ1) is 15.6. The predicted molar refractivity (Wildman–Crippen MR) is 94.1 cm³/mol. The predicted octanol–water partition coefficient (Wildman–Crippen LogP) is 2.59. The number of aryl methyl sites for hydroxylation is 1. The van der Waals surface area contributed by atoms with Gasteiger partial charge in [0.2, 0.25) is 0 Å². The fourth-order valence-corrected chi connectivity index (χ4v) is 2.61. The molecule has 2 heterocycles. The van der Waals surface area contributed by atoms with Crippen molar-refractivity contribution < 1.29 is 0 Å². The normalized spacial score (nSPS) is 16.5. The topological polar surface area (TPSA) is 59.6 Å². The fraction of sp³-hybridized carbons (Fsp3) is 0.412. The number of nitrogens with one attached hydrogen (secondary N) is 2. The molecule has 0 unspecified atom stereocenters. The summed E-state index contributed by atoms with van der Waals surface area (Å²) in [5.41, 5.74) is 8.04. The summed E-state index contributed by atoms with van der Waals surface area (Å²) >= 11 is 0. The Labute approximate surface area is 137 Å². The van der Waals surface area contributed by atoms with Crippen LogP contribution in [0.1, 0.15) is 30.7 Å². The first-order chi connectivity index (χ1) is 10.9. The number of rotatable bonds is 3. The van der Waals surface area contributed by atoms with Gasteiger partial charge in [-0.25, -0.2) is 10.0 Å². The minimum atomic E-state index is 0.372. The molecule has 6 nitrogen and oxygen atoms in total. The zero-order chi connectivity index (χ0) is 16.6. The maximum Gasteiger partial charge on any atom is 0.175 e. The van der Waals surface area contributed by atoms with Gasteiger partial charge in [-0.15, -0.1) is 0 Å². The van der Waals surface area contributed by atoms with E-state index in [0.29, 0.717) is 11.9 Å². The third-order valence-electron chi connectivity index (χ3n) is 3.99. The zero-order valence-electron chi connectivity index (χ0n) is 14.4. The average molecular weight is 312 g/mol. The van der Waals surface area contributed by atoms with Gasteiger partial charge in [0, 0.05) is 49.7 Å². The Morgan fingerprint density at radius 2 is 2.04 bits per heavy atom. The third kappa shape index (κ3) is 3.22. The van der Waals surface area contributed by atoms with Crippen molar-refractivity contribution in [2.45, 2.75) is 33.4 Å². The number of nitrogens with zero attached hydrogens (tertiary/aromatic N) is 4. The van der Waals surface area contributed by atoms with Crippen LogP contribution in [0.3, 0.4) is 0 Å². The van der Waals surface area contributed by atoms with Crippen LogP contribution in [-0.2, 0) is 6.54 Å². The number of H-pyrrole nitrogens is 1. The highest BCUT2D eigenvalue weighted by Crippen LogP contribution is 2.24. The van der Waals surface area contributed by atoms with Crippen molar-refractivity contribution in [3.8, 4) is 0 Å². The largest absolute Gasteiger partial charge is 0.378 e. The van der Waals surface area contributed by atoms with Crippen molar-refractivity contribution in [2.75, 3.05) is 19.0 Å². The SMILES string of the molecule is Cc1cc(N=C2NN(C(C)C)Cc3cc(N(C)C)ccc32)n[nH]1. The van der Waals surface area contributed by atoms with Crippen molar-refractivity contribution in [2.24, 2.45) is 4.99 Å². The van der Waals surface area contributed by atoms with E-state index in [-0.39, 0.29) is 0 Å². The molecule has 0 aliphatic carbocycles. The summed E-state index contributed by atoms with van der Waals surface area (Å²) in [5, 5.41) is 9.35. The highest BCUT2D eigenvalue weighted by Gasteiger charge is 2.23. The van der Waals surface area contributed by atoms with Crippen LogP contribution in [0, 0.1) is 6.92 Å². The van der Waals surface area contributed by atoms with E-state index in [4.69, 9.17) is 4.99 Å². The number of hydrazine groups is 1. The molecule has 1 aromatic heterocycles. The molecule has 1 aliphatic heterocycles. The van der Waals surface area contributed by atoms with E-state index < -0.39 is 0 Å². The van der Waals surface area contributed by atoms with Gasteiger partial charge in [0.15, 0.2) is 11.7 Å². The van der Waals surface area contributed by atoms with Crippen molar-refractivity contribution in [3.63, 3.8) is 0 Å². The summed E-state index contributed by atoms with van der Waals surface area (Å²) in [7, 11) is 4.12. The fourth-order valence-electron chi connectivity index (χ4n) is 2.61. The molecule has 1 aromatic carbocycles. The molecule has 6 heteroatoms. The molecule has 2 N–H and O–H groups in total. The Balaban J connectivity index is 2.05. The van der Waals surface area contributed by atoms with Gasteiger partial charge in [0.25, 0.3) is 0 Å². The lowest BCUT2D eigenvalue weighted by molar-refractivity contribution is 0.169. The minimum absolute atomic E-state index is 0.372. The van der Waals surface area contributed by atoms with Gasteiger partial charge in [-0.2, -0.15) is 5.10 Å². The summed E-state index contributed by atoms with van der Waals surface area (Å²) in [6.07, 6.45) is 0. The monoisotopic (exact) mass is 312 g/mol. The Morgan fingerprint density at radius 3 is 2.65 bits per heavy atom. The molecule has 0 atom stereocenters. The van der Waals surface area contributed by atoms with Gasteiger partial charge < -0.3 is 10.3 Å². The standard InChI is InChI=1S/C17H24N6/c1-11(2)23-10-13-9-14(22(4)5)6-7-15(13)17(21-23)18-16-8-12(3)19-20-16/h6-9,11H,10H2,1-5H3,(H2,18,19,20,21). The lowest BCUT2D eigenvalue weighted by Crippen LogP contribution is -2.49. The summed E-state index contributed by atoms with van der Waals surface area (Å²) in [6, 6.07) is 8.80. The molecule has 122 valence electrons. The number of hydrogen-bond donors (Lipinski definition) is 2. The van der Waals surface area contributed by atoms with Gasteiger partial charge in [-0.3, -0.25) is 5.10 Å². The number of aromatic amines is 1. The van der Waals surface area contributed by atoms with Crippen LogP contribution in [0.25, 0.3) is 0 Å². The number of amidine groups is 1. The van der Waals surface area contributed by atoms with Crippen LogP contribution in [0.15, 0.2) is 29.3 Å². The first-order valence-electron chi connectivity index (χ1n) is 7.88. The van der Waals surface area contributed by atoms with Crippen molar-refractivity contribution in [3.05, 3.63) is 41.1 Å². The number of anilines is 1. The molecule has 0 radical (unpaired) electrons. The van der Waals surface area contributed by atoms with Gasteiger partial charge in [0.05, 0.1) is 0 Å². The molecule has 2 aromatic rings. The van der Waals surface area contributed by atoms with Gasteiger partial charge in [0.1, 0.15) is 0 Å². The summed E-state index contributed by atoms with van der Waals surface area (Å²) < 4.78 is 0. The smallest absolute Gasteiger partial charge is 0.175 e. The van der Waals surface area contributed by atoms with E-state index in [1.54, 1.807) is 0 Å². The van der Waals surface area contributed by atoms with Crippen LogP contribution in [0.4, 0.5) is 11.5 Å². The van der Waals surface area contributed by atoms with E-state index >= 15 is 0 Å². The van der Waals surface area contributed by atoms with Crippen LogP contribution in [0.5, 0.6) is 0 Å². The molecule has 1 aliphatic rings. The summed E-state index contributed by atoms with van der Waals surface area (Å²) in [4.78, 5) is 6.82. The van der Waals surface area contributed by atoms with Crippen LogP contribution in [-0.4, -0.2) is 41.2 Å². The van der Waals surface area contributed by atoms with E-state index in [1.807, 2.05) is 13.0 Å². The molecule has 3 rings (SSSR count). The quantitative estimate of drug-likeness (QED) is 0.914. The molecular weight excluding hydrogens is 288 g/mol. The lowest BCUT2D eigenvalue weighted by Gasteiger charge is -2.34. The third-order valence-corrected chi connectivity index (χ3v) is 3.99. The minimum Gasteiger partial charge on any atom is -0.378 e. The maximum absolute atomic E-state index is 4.70. The van der Waals surface area contributed by atoms with Crippen LogP contribution >= 0.6 is 0 Å². The first-order valence-corrected chi connectivity index (χ1v) is 7.88. The second kappa shape index (κ2) is 6.04. The van der Waals surface area contributed by atoms with E-state index in [0.717, 1.165) is 23.6 Å². The van der Waals surface area contributed by atoms with Crippen molar-refractivity contribution in [1.82, 2.24) is 20.6 Å². The molecule has 0 saturated carbocycles. The molecular formula is C17H24N6. The summed E-state index contributed by atoms with van der Waals surface area (Å²) in [6.45, 7) is 7.17. The molecule has 0 spiro atoms. The van der Waals surface area contributed by atoms with Gasteiger partial charge in [-0.1, -0.05) is 0 Å². The summed E-state index contributed by atoms with van der Waals surface area (Å²) in [5.74, 6) is 1.54. The zero-order valence-corrected chi connectivity index (χ0v) is 14.4. The molecule has 0 fully saturated rings. The lowest BCUT2D eigenvalue weighted by atomic mass is 10.0. The Hall–Kier alpha value is -2.34. The van der Waals surface area contributed by atoms with Crippen molar-refractivity contribution in [1.29, 1.82) is 0 Å². The number of hydrogen-bond acceptors (Lipinski definition) is 4. The van der Waals surface area contributed by atoms with Crippen LogP contribution in [0.2, 0.25) is 0 Å². The maximum atomic E-state index is 4.70. The molecule has 0 amide bonds. The second-order valence-electron chi connectivity index (χ2n) is 6.44. The molecule has 23 heavy (non-hydrogen) atoms. The van der Waals surface area contributed by atoms with Gasteiger partial charge >= 0.3 is 0 Å². The number of aliphatic imine (C=N–C) groups is 1. The number of benzene rings is 1. The van der Waals surface area contributed by atoms with Crippen LogP contribution < -0.4 is 10.3 Å².